The van der Waals surface area contributed by atoms with Gasteiger partial charge in [0.15, 0.2) is 5.82 Å². The Hall–Kier alpha value is -3.00. The van der Waals surface area contributed by atoms with Crippen LogP contribution in [0.4, 0.5) is 0 Å². The van der Waals surface area contributed by atoms with Gasteiger partial charge >= 0.3 is 11.9 Å². The zero-order valence-corrected chi connectivity index (χ0v) is 22.0. The Morgan fingerprint density at radius 2 is 1.97 bits per heavy atom. The predicted octanol–water partition coefficient (Wildman–Crippen LogP) is 4.20. The van der Waals surface area contributed by atoms with E-state index in [0.29, 0.717) is 19.3 Å². The molecule has 8 heteroatoms. The summed E-state index contributed by atoms with van der Waals surface area (Å²) in [6.07, 6.45) is 10.7. The van der Waals surface area contributed by atoms with E-state index in [2.05, 4.69) is 23.1 Å². The molecule has 2 heterocycles. The second-order valence-electron chi connectivity index (χ2n) is 12.8. The van der Waals surface area contributed by atoms with Gasteiger partial charge in [0.25, 0.3) is 0 Å². The number of carbonyl (C=O) groups excluding carboxylic acids is 1. The van der Waals surface area contributed by atoms with E-state index in [1.54, 1.807) is 6.20 Å². The largest absolute Gasteiger partial charge is 0.478 e. The molecule has 2 aromatic rings. The molecule has 0 aromatic carbocycles. The number of ether oxygens (including phenoxy) is 1. The van der Waals surface area contributed by atoms with Crippen LogP contribution in [0.25, 0.3) is 11.9 Å². The molecule has 2 aromatic heterocycles. The minimum Gasteiger partial charge on any atom is -0.478 e. The van der Waals surface area contributed by atoms with E-state index >= 15 is 0 Å². The monoisotopic (exact) mass is 517 g/mol. The Kier molecular flexibility index (Phi) is 5.07. The predicted molar refractivity (Wildman–Crippen MR) is 138 cm³/mol. The summed E-state index contributed by atoms with van der Waals surface area (Å²) in [7, 11) is 0. The topological polar surface area (TPSA) is 115 Å². The summed E-state index contributed by atoms with van der Waals surface area (Å²) in [5.74, 6) is -0.567. The molecule has 0 amide bonds. The number of aliphatic hydroxyl groups excluding tert-OH is 1. The molecule has 0 bridgehead atoms. The summed E-state index contributed by atoms with van der Waals surface area (Å²) in [4.78, 5) is 30.0. The summed E-state index contributed by atoms with van der Waals surface area (Å²) in [5, 5.41) is 27.0. The van der Waals surface area contributed by atoms with Crippen molar-refractivity contribution < 1.29 is 24.5 Å². The van der Waals surface area contributed by atoms with Crippen LogP contribution >= 0.6 is 0 Å². The van der Waals surface area contributed by atoms with Crippen molar-refractivity contribution in [2.75, 3.05) is 0 Å². The van der Waals surface area contributed by atoms with Crippen molar-refractivity contribution in [2.45, 2.75) is 76.9 Å². The van der Waals surface area contributed by atoms with Crippen LogP contribution in [0.5, 0.6) is 0 Å². The minimum atomic E-state index is -1.57. The maximum absolute atomic E-state index is 12.8. The molecule has 200 valence electrons. The summed E-state index contributed by atoms with van der Waals surface area (Å²) < 4.78 is 7.83. The molecule has 0 radical (unpaired) electrons. The number of aliphatic hydroxyl groups is 1. The fourth-order valence-electron chi connectivity index (χ4n) is 8.97. The standard InChI is InChI=1S/C30H35N3O5/c1-28-14-18-16-32-33(24-5-3-4-12-31-24)22(18)13-19(28)8-9-20-21-10-11-30(27(36)37,38-26(35)17-6-7-17)29(21,2)15-23(34)25(20)28/h3-5,12-13,16-17,20-21,23,25,34H,6-11,14-15H2,1-2H3,(H,36,37)/t20?,21-,23?,25+,28?,29?,30?/m0/s1. The van der Waals surface area contributed by atoms with Gasteiger partial charge in [0.05, 0.1) is 23.9 Å². The first-order chi connectivity index (χ1) is 18.2. The lowest BCUT2D eigenvalue weighted by atomic mass is 9.45. The molecular formula is C30H35N3O5. The minimum absolute atomic E-state index is 0.00986. The van der Waals surface area contributed by atoms with Crippen molar-refractivity contribution in [2.24, 2.45) is 34.5 Å². The maximum atomic E-state index is 12.8. The maximum Gasteiger partial charge on any atom is 0.348 e. The number of carboxylic acid groups (broad SMARTS) is 1. The van der Waals surface area contributed by atoms with Gasteiger partial charge in [-0.3, -0.25) is 4.79 Å². The number of carbonyl (C=O) groups is 2. The van der Waals surface area contributed by atoms with Crippen molar-refractivity contribution >= 4 is 18.0 Å². The Bertz CT molecular complexity index is 1350. The molecule has 7 atom stereocenters. The van der Waals surface area contributed by atoms with Crippen molar-refractivity contribution in [3.8, 4) is 5.82 Å². The molecule has 0 saturated heterocycles. The molecule has 0 aliphatic heterocycles. The number of nitrogens with zero attached hydrogens (tertiary/aromatic N) is 3. The van der Waals surface area contributed by atoms with E-state index in [9.17, 15) is 19.8 Å². The normalized spacial score (nSPS) is 39.3. The Balaban J connectivity index is 1.24. The molecular weight excluding hydrogens is 482 g/mol. The number of allylic oxidation sites excluding steroid dienone is 1. The average molecular weight is 518 g/mol. The number of esters is 1. The van der Waals surface area contributed by atoms with Crippen LogP contribution in [0.3, 0.4) is 0 Å². The van der Waals surface area contributed by atoms with Gasteiger partial charge in [-0.05, 0) is 98.3 Å². The van der Waals surface area contributed by atoms with Crippen LogP contribution < -0.4 is 0 Å². The van der Waals surface area contributed by atoms with E-state index in [1.807, 2.05) is 36.0 Å². The zero-order valence-electron chi connectivity index (χ0n) is 22.0. The van der Waals surface area contributed by atoms with Gasteiger partial charge in [-0.25, -0.2) is 14.5 Å². The van der Waals surface area contributed by atoms with E-state index in [0.717, 1.165) is 49.2 Å². The van der Waals surface area contributed by atoms with Gasteiger partial charge in [-0.2, -0.15) is 5.10 Å². The Morgan fingerprint density at radius 1 is 1.16 bits per heavy atom. The number of aromatic nitrogens is 3. The molecule has 5 unspecified atom stereocenters. The summed E-state index contributed by atoms with van der Waals surface area (Å²) in [5.41, 5.74) is 0.924. The molecule has 2 N–H and O–H groups in total. The summed E-state index contributed by atoms with van der Waals surface area (Å²) in [6.45, 7) is 4.23. The van der Waals surface area contributed by atoms with Crippen LogP contribution in [-0.4, -0.2) is 48.6 Å². The van der Waals surface area contributed by atoms with E-state index in [4.69, 9.17) is 4.74 Å². The van der Waals surface area contributed by atoms with E-state index in [-0.39, 0.29) is 35.1 Å². The third kappa shape index (κ3) is 3.12. The highest BCUT2D eigenvalue weighted by Crippen LogP contribution is 2.68. The lowest BCUT2D eigenvalue weighted by Crippen LogP contribution is -2.63. The van der Waals surface area contributed by atoms with E-state index in [1.165, 1.54) is 5.57 Å². The lowest BCUT2D eigenvalue weighted by molar-refractivity contribution is -0.211. The number of carboxylic acids is 1. The molecule has 8 nitrogen and oxygen atoms in total. The quantitative estimate of drug-likeness (QED) is 0.584. The van der Waals surface area contributed by atoms with Crippen LogP contribution in [0.15, 0.2) is 36.2 Å². The number of hydrogen-bond donors (Lipinski definition) is 2. The van der Waals surface area contributed by atoms with Crippen LogP contribution in [0, 0.1) is 34.5 Å². The highest BCUT2D eigenvalue weighted by Gasteiger charge is 2.71. The second-order valence-corrected chi connectivity index (χ2v) is 12.8. The second kappa shape index (κ2) is 8.01. The smallest absolute Gasteiger partial charge is 0.348 e. The number of rotatable bonds is 4. The van der Waals surface area contributed by atoms with Crippen LogP contribution in [-0.2, 0) is 20.7 Å². The third-order valence-electron chi connectivity index (χ3n) is 10.9. The Labute approximate surface area is 222 Å². The third-order valence-corrected chi connectivity index (χ3v) is 10.9. The summed E-state index contributed by atoms with van der Waals surface area (Å²) >= 11 is 0. The van der Waals surface area contributed by atoms with Gasteiger partial charge in [0.2, 0.25) is 5.60 Å². The lowest BCUT2D eigenvalue weighted by Gasteiger charge is -2.60. The van der Waals surface area contributed by atoms with Crippen LogP contribution in [0.1, 0.15) is 70.1 Å². The Morgan fingerprint density at radius 3 is 2.68 bits per heavy atom. The first-order valence-corrected chi connectivity index (χ1v) is 14.0. The molecule has 4 saturated carbocycles. The van der Waals surface area contributed by atoms with E-state index < -0.39 is 23.1 Å². The van der Waals surface area contributed by atoms with Gasteiger partial charge in [-0.15, -0.1) is 0 Å². The summed E-state index contributed by atoms with van der Waals surface area (Å²) in [6, 6.07) is 5.80. The highest BCUT2D eigenvalue weighted by atomic mass is 16.6. The van der Waals surface area contributed by atoms with Gasteiger partial charge in [0, 0.05) is 11.6 Å². The number of pyridine rings is 1. The van der Waals surface area contributed by atoms with Crippen LogP contribution in [0.2, 0.25) is 0 Å². The first kappa shape index (κ1) is 24.1. The fraction of sp³-hybridized carbons (Fsp3) is 0.600. The average Bonchev–Trinajstić information content (AvgIpc) is 3.60. The molecule has 7 rings (SSSR count). The van der Waals surface area contributed by atoms with Crippen molar-refractivity contribution in [3.63, 3.8) is 0 Å². The SMILES string of the molecule is CC12Cc3cnn(-c4ccccn4)c3C=C1CCC1[C@@H]2C(O)CC2(C)[C@H]1CCC2(OC(=O)C1CC1)C(=O)O. The van der Waals surface area contributed by atoms with Crippen molar-refractivity contribution in [1.82, 2.24) is 14.8 Å². The fourth-order valence-corrected chi connectivity index (χ4v) is 8.97. The van der Waals surface area contributed by atoms with Crippen molar-refractivity contribution in [3.05, 3.63) is 47.4 Å². The van der Waals surface area contributed by atoms with Gasteiger partial charge < -0.3 is 14.9 Å². The molecule has 5 aliphatic carbocycles. The van der Waals surface area contributed by atoms with Gasteiger partial charge in [-0.1, -0.05) is 25.5 Å². The number of fused-ring (bicyclic) bond motifs is 6. The van der Waals surface area contributed by atoms with Gasteiger partial charge in [0.1, 0.15) is 0 Å². The number of aliphatic carboxylic acids is 1. The zero-order chi connectivity index (χ0) is 26.4. The molecule has 4 fully saturated rings. The molecule has 5 aliphatic rings. The molecule has 0 spiro atoms. The number of hydrogen-bond acceptors (Lipinski definition) is 6. The van der Waals surface area contributed by atoms with Crippen molar-refractivity contribution in [1.29, 1.82) is 0 Å². The highest BCUT2D eigenvalue weighted by molar-refractivity contribution is 5.85. The molecule has 38 heavy (non-hydrogen) atoms. The first-order valence-electron chi connectivity index (χ1n) is 14.0.